The number of carbonyl (C=O) groups is 1. The normalized spacial score (nSPS) is 19.4. The monoisotopic (exact) mass is 305 g/mol. The molecule has 0 aromatic heterocycles. The van der Waals surface area contributed by atoms with Crippen LogP contribution in [0.25, 0.3) is 0 Å². The second-order valence-electron chi connectivity index (χ2n) is 5.06. The van der Waals surface area contributed by atoms with E-state index in [2.05, 4.69) is 22.9 Å². The molecule has 1 aliphatic heterocycles. The number of benzene rings is 1. The molecule has 0 N–H and O–H groups in total. The third-order valence-corrected chi connectivity index (χ3v) is 4.82. The molecule has 3 rings (SSSR count). The number of amides is 1. The summed E-state index contributed by atoms with van der Waals surface area (Å²) in [6.45, 7) is 2.86. The molecule has 2 aliphatic rings. The van der Waals surface area contributed by atoms with E-state index in [9.17, 15) is 4.79 Å². The minimum absolute atomic E-state index is 0.228. The fourth-order valence-electron chi connectivity index (χ4n) is 2.91. The van der Waals surface area contributed by atoms with E-state index in [1.54, 1.807) is 0 Å². The molecule has 0 radical (unpaired) electrons. The molecule has 2 nitrogen and oxygen atoms in total. The van der Waals surface area contributed by atoms with E-state index >= 15 is 0 Å². The Balaban J connectivity index is 1.96. The zero-order valence-electron chi connectivity index (χ0n) is 10.5. The Labute approximate surface area is 116 Å². The molecule has 0 unspecified atom stereocenters. The molecular formula is C15H16BrNO. The molecule has 3 heteroatoms. The Bertz CT molecular complexity index is 547. The summed E-state index contributed by atoms with van der Waals surface area (Å²) in [4.78, 5) is 14.4. The summed E-state index contributed by atoms with van der Waals surface area (Å²) in [5.74, 6) is 0.228. The highest BCUT2D eigenvalue weighted by Gasteiger charge is 2.32. The number of hydrogen-bond acceptors (Lipinski definition) is 1. The zero-order chi connectivity index (χ0) is 12.7. The Kier molecular flexibility index (Phi) is 3.02. The number of anilines is 1. The third-order valence-electron chi connectivity index (χ3n) is 3.96. The summed E-state index contributed by atoms with van der Waals surface area (Å²) in [6.07, 6.45) is 4.47. The predicted molar refractivity (Wildman–Crippen MR) is 76.7 cm³/mol. The Morgan fingerprint density at radius 2 is 2.00 bits per heavy atom. The molecule has 1 heterocycles. The summed E-state index contributed by atoms with van der Waals surface area (Å²) < 4.78 is 1.07. The van der Waals surface area contributed by atoms with Crippen LogP contribution in [0.4, 0.5) is 5.69 Å². The number of hydrogen-bond donors (Lipinski definition) is 0. The first kappa shape index (κ1) is 12.0. The van der Waals surface area contributed by atoms with E-state index in [0.717, 1.165) is 47.1 Å². The van der Waals surface area contributed by atoms with Crippen molar-refractivity contribution in [3.05, 3.63) is 39.4 Å². The summed E-state index contributed by atoms with van der Waals surface area (Å²) in [5.41, 5.74) is 4.64. The van der Waals surface area contributed by atoms with Gasteiger partial charge in [-0.15, -0.1) is 0 Å². The van der Waals surface area contributed by atoms with Gasteiger partial charge in [0.1, 0.15) is 0 Å². The average molecular weight is 306 g/mol. The van der Waals surface area contributed by atoms with Crippen molar-refractivity contribution in [3.8, 4) is 0 Å². The zero-order valence-corrected chi connectivity index (χ0v) is 12.1. The maximum absolute atomic E-state index is 12.5. The van der Waals surface area contributed by atoms with E-state index in [1.165, 1.54) is 12.0 Å². The summed E-state index contributed by atoms with van der Waals surface area (Å²) in [5, 5.41) is 0. The van der Waals surface area contributed by atoms with E-state index in [4.69, 9.17) is 0 Å². The first-order valence-electron chi connectivity index (χ1n) is 6.46. The van der Waals surface area contributed by atoms with Crippen LogP contribution in [0.15, 0.2) is 33.8 Å². The van der Waals surface area contributed by atoms with Gasteiger partial charge in [0.25, 0.3) is 5.91 Å². The number of rotatable bonds is 1. The molecular weight excluding hydrogens is 290 g/mol. The second kappa shape index (κ2) is 4.54. The van der Waals surface area contributed by atoms with Crippen LogP contribution >= 0.6 is 15.9 Å². The van der Waals surface area contributed by atoms with E-state index in [0.29, 0.717) is 0 Å². The molecule has 0 saturated heterocycles. The average Bonchev–Trinajstić information content (AvgIpc) is 2.71. The van der Waals surface area contributed by atoms with Gasteiger partial charge in [0.05, 0.1) is 0 Å². The molecule has 0 bridgehead atoms. The van der Waals surface area contributed by atoms with E-state index < -0.39 is 0 Å². The summed E-state index contributed by atoms with van der Waals surface area (Å²) >= 11 is 3.54. The van der Waals surface area contributed by atoms with Gasteiger partial charge in [0.15, 0.2) is 0 Å². The van der Waals surface area contributed by atoms with Crippen molar-refractivity contribution in [1.29, 1.82) is 0 Å². The Morgan fingerprint density at radius 1 is 1.22 bits per heavy atom. The number of nitrogens with zero attached hydrogens (tertiary/aromatic N) is 1. The standard InChI is InChI=1S/C15H16BrNO/c1-10-13(16)7-4-8-14(10)17-9-11-5-2-3-6-12(11)15(17)18/h4,7-8H,2-3,5-6,9H2,1H3. The highest BCUT2D eigenvalue weighted by Crippen LogP contribution is 2.36. The van der Waals surface area contributed by atoms with Gasteiger partial charge in [-0.3, -0.25) is 4.79 Å². The van der Waals surface area contributed by atoms with Crippen LogP contribution in [0.1, 0.15) is 31.2 Å². The molecule has 94 valence electrons. The predicted octanol–water partition coefficient (Wildman–Crippen LogP) is 3.97. The molecule has 1 aliphatic carbocycles. The van der Waals surface area contributed by atoms with Gasteiger partial charge in [-0.25, -0.2) is 0 Å². The van der Waals surface area contributed by atoms with Crippen molar-refractivity contribution in [2.24, 2.45) is 0 Å². The lowest BCUT2D eigenvalue weighted by atomic mass is 9.94. The molecule has 0 atom stereocenters. The number of carbonyl (C=O) groups excluding carboxylic acids is 1. The Morgan fingerprint density at radius 3 is 2.78 bits per heavy atom. The quantitative estimate of drug-likeness (QED) is 0.768. The van der Waals surface area contributed by atoms with Gasteiger partial charge >= 0.3 is 0 Å². The molecule has 0 saturated carbocycles. The molecule has 1 aromatic rings. The van der Waals surface area contributed by atoms with Crippen molar-refractivity contribution < 1.29 is 4.79 Å². The topological polar surface area (TPSA) is 20.3 Å². The highest BCUT2D eigenvalue weighted by molar-refractivity contribution is 9.10. The van der Waals surface area contributed by atoms with Crippen LogP contribution in [-0.4, -0.2) is 12.5 Å². The highest BCUT2D eigenvalue weighted by atomic mass is 79.9. The molecule has 18 heavy (non-hydrogen) atoms. The van der Waals surface area contributed by atoms with Crippen LogP contribution in [0.3, 0.4) is 0 Å². The maximum Gasteiger partial charge on any atom is 0.254 e. The minimum Gasteiger partial charge on any atom is -0.304 e. The fourth-order valence-corrected chi connectivity index (χ4v) is 3.26. The van der Waals surface area contributed by atoms with Crippen LogP contribution in [0, 0.1) is 6.92 Å². The van der Waals surface area contributed by atoms with Crippen molar-refractivity contribution in [3.63, 3.8) is 0 Å². The lowest BCUT2D eigenvalue weighted by Crippen LogP contribution is -2.27. The van der Waals surface area contributed by atoms with Gasteiger partial charge in [-0.1, -0.05) is 22.0 Å². The summed E-state index contributed by atoms with van der Waals surface area (Å²) in [6, 6.07) is 6.06. The van der Waals surface area contributed by atoms with Crippen LogP contribution in [-0.2, 0) is 4.79 Å². The van der Waals surface area contributed by atoms with Crippen molar-refractivity contribution in [1.82, 2.24) is 0 Å². The first-order valence-corrected chi connectivity index (χ1v) is 7.25. The lowest BCUT2D eigenvalue weighted by molar-refractivity contribution is -0.114. The van der Waals surface area contributed by atoms with E-state index in [1.807, 2.05) is 23.1 Å². The molecule has 1 aromatic carbocycles. The maximum atomic E-state index is 12.5. The molecule has 0 fully saturated rings. The largest absolute Gasteiger partial charge is 0.304 e. The fraction of sp³-hybridized carbons (Fsp3) is 0.400. The van der Waals surface area contributed by atoms with Gasteiger partial charge in [-0.05, 0) is 55.9 Å². The first-order chi connectivity index (χ1) is 8.68. The molecule has 0 spiro atoms. The van der Waals surface area contributed by atoms with Crippen LogP contribution in [0.5, 0.6) is 0 Å². The van der Waals surface area contributed by atoms with Gasteiger partial charge in [0.2, 0.25) is 0 Å². The van der Waals surface area contributed by atoms with Crippen molar-refractivity contribution in [2.75, 3.05) is 11.4 Å². The third kappa shape index (κ3) is 1.81. The smallest absolute Gasteiger partial charge is 0.254 e. The van der Waals surface area contributed by atoms with Crippen molar-refractivity contribution >= 4 is 27.5 Å². The van der Waals surface area contributed by atoms with Gasteiger partial charge in [0, 0.05) is 22.3 Å². The van der Waals surface area contributed by atoms with Gasteiger partial charge < -0.3 is 4.90 Å². The van der Waals surface area contributed by atoms with Crippen LogP contribution in [0.2, 0.25) is 0 Å². The summed E-state index contributed by atoms with van der Waals surface area (Å²) in [7, 11) is 0. The number of halogens is 1. The minimum atomic E-state index is 0.228. The van der Waals surface area contributed by atoms with Crippen molar-refractivity contribution in [2.45, 2.75) is 32.6 Å². The van der Waals surface area contributed by atoms with Gasteiger partial charge in [-0.2, -0.15) is 0 Å². The Hall–Kier alpha value is -1.09. The van der Waals surface area contributed by atoms with Crippen LogP contribution < -0.4 is 4.90 Å². The lowest BCUT2D eigenvalue weighted by Gasteiger charge is -2.20. The van der Waals surface area contributed by atoms with E-state index in [-0.39, 0.29) is 5.91 Å². The second-order valence-corrected chi connectivity index (χ2v) is 5.92. The molecule has 1 amide bonds. The SMILES string of the molecule is Cc1c(Br)cccc1N1CC2=C(CCCC2)C1=O.